The molecule has 0 saturated carbocycles. The summed E-state index contributed by atoms with van der Waals surface area (Å²) in [5.74, 6) is 0.0921. The van der Waals surface area contributed by atoms with Gasteiger partial charge in [0.25, 0.3) is 0 Å². The molecule has 0 aromatic heterocycles. The van der Waals surface area contributed by atoms with E-state index in [2.05, 4.69) is 0 Å². The molecule has 3 nitrogen and oxygen atoms in total. The lowest BCUT2D eigenvalue weighted by Gasteiger charge is -2.17. The van der Waals surface area contributed by atoms with E-state index in [-0.39, 0.29) is 5.75 Å². The first-order valence-corrected chi connectivity index (χ1v) is 6.48. The Morgan fingerprint density at radius 2 is 1.67 bits per heavy atom. The van der Waals surface area contributed by atoms with E-state index in [0.717, 1.165) is 0 Å². The van der Waals surface area contributed by atoms with Gasteiger partial charge in [-0.25, -0.2) is 8.42 Å². The Morgan fingerprint density at radius 3 is 2.00 bits per heavy atom. The molecule has 15 heavy (non-hydrogen) atoms. The minimum atomic E-state index is -3.14. The van der Waals surface area contributed by atoms with Gasteiger partial charge < -0.3 is 5.11 Å². The van der Waals surface area contributed by atoms with E-state index in [1.54, 1.807) is 32.9 Å². The van der Waals surface area contributed by atoms with Gasteiger partial charge in [-0.15, -0.1) is 0 Å². The van der Waals surface area contributed by atoms with Gasteiger partial charge >= 0.3 is 0 Å². The smallest absolute Gasteiger partial charge is 0.178 e. The maximum atomic E-state index is 11.5. The Kier molecular flexibility index (Phi) is 3.21. The summed E-state index contributed by atoms with van der Waals surface area (Å²) in [6.07, 6.45) is 0. The van der Waals surface area contributed by atoms with Gasteiger partial charge in [-0.1, -0.05) is 19.1 Å². The Morgan fingerprint density at radius 1 is 1.20 bits per heavy atom. The van der Waals surface area contributed by atoms with Crippen LogP contribution in [-0.4, -0.2) is 19.3 Å². The van der Waals surface area contributed by atoms with Crippen LogP contribution in [0.15, 0.2) is 29.2 Å². The first-order valence-electron chi connectivity index (χ1n) is 4.83. The molecule has 84 valence electrons. The van der Waals surface area contributed by atoms with Crippen LogP contribution in [0.2, 0.25) is 0 Å². The first kappa shape index (κ1) is 12.2. The molecule has 0 heterocycles. The number of aliphatic hydroxyl groups is 1. The molecule has 0 unspecified atom stereocenters. The summed E-state index contributed by atoms with van der Waals surface area (Å²) in [6.45, 7) is 4.94. The van der Waals surface area contributed by atoms with E-state index in [0.29, 0.717) is 10.5 Å². The van der Waals surface area contributed by atoms with Gasteiger partial charge in [0.15, 0.2) is 9.84 Å². The highest BCUT2D eigenvalue weighted by Crippen LogP contribution is 2.21. The molecule has 1 aromatic rings. The molecule has 0 fully saturated rings. The Bertz CT molecular complexity index is 424. The summed E-state index contributed by atoms with van der Waals surface area (Å²) < 4.78 is 23.0. The zero-order valence-electron chi connectivity index (χ0n) is 9.19. The molecule has 1 N–H and O–H groups in total. The molecule has 0 aliphatic rings. The Labute approximate surface area is 90.7 Å². The standard InChI is InChI=1S/C11H16O3S/c1-4-15(13,14)10-7-5-9(6-8-10)11(2,3)12/h5-8,12H,4H2,1-3H3. The highest BCUT2D eigenvalue weighted by molar-refractivity contribution is 7.91. The van der Waals surface area contributed by atoms with E-state index < -0.39 is 15.4 Å². The maximum absolute atomic E-state index is 11.5. The highest BCUT2D eigenvalue weighted by Gasteiger charge is 2.17. The van der Waals surface area contributed by atoms with Crippen LogP contribution in [0.3, 0.4) is 0 Å². The van der Waals surface area contributed by atoms with Crippen LogP contribution in [0.25, 0.3) is 0 Å². The van der Waals surface area contributed by atoms with Gasteiger partial charge in [-0.3, -0.25) is 0 Å². The molecule has 1 rings (SSSR count). The lowest BCUT2D eigenvalue weighted by Crippen LogP contribution is -2.15. The molecule has 0 aliphatic heterocycles. The van der Waals surface area contributed by atoms with Crippen LogP contribution in [0.1, 0.15) is 26.3 Å². The van der Waals surface area contributed by atoms with Crippen molar-refractivity contribution in [1.82, 2.24) is 0 Å². The molecule has 0 spiro atoms. The molecule has 4 heteroatoms. The van der Waals surface area contributed by atoms with E-state index in [4.69, 9.17) is 0 Å². The zero-order chi connectivity index (χ0) is 11.7. The second-order valence-electron chi connectivity index (χ2n) is 3.99. The third kappa shape index (κ3) is 2.79. The largest absolute Gasteiger partial charge is 0.386 e. The van der Waals surface area contributed by atoms with Crippen molar-refractivity contribution < 1.29 is 13.5 Å². The lowest BCUT2D eigenvalue weighted by molar-refractivity contribution is 0.0785. The molecule has 0 radical (unpaired) electrons. The van der Waals surface area contributed by atoms with Crippen LogP contribution in [0.4, 0.5) is 0 Å². The molecule has 0 bridgehead atoms. The maximum Gasteiger partial charge on any atom is 0.178 e. The van der Waals surface area contributed by atoms with Crippen molar-refractivity contribution in [2.75, 3.05) is 5.75 Å². The molecular formula is C11H16O3S. The third-order valence-corrected chi connectivity index (χ3v) is 4.05. The number of benzene rings is 1. The van der Waals surface area contributed by atoms with Crippen molar-refractivity contribution in [3.8, 4) is 0 Å². The molecular weight excluding hydrogens is 212 g/mol. The summed E-state index contributed by atoms with van der Waals surface area (Å²) in [5, 5.41) is 9.69. The fraction of sp³-hybridized carbons (Fsp3) is 0.455. The van der Waals surface area contributed by atoms with Crippen molar-refractivity contribution in [3.63, 3.8) is 0 Å². The average molecular weight is 228 g/mol. The van der Waals surface area contributed by atoms with Gasteiger partial charge in [-0.2, -0.15) is 0 Å². The molecule has 0 amide bonds. The van der Waals surface area contributed by atoms with Gasteiger partial charge in [0, 0.05) is 0 Å². The predicted octanol–water partition coefficient (Wildman–Crippen LogP) is 1.71. The van der Waals surface area contributed by atoms with E-state index in [1.807, 2.05) is 0 Å². The van der Waals surface area contributed by atoms with Crippen molar-refractivity contribution in [2.45, 2.75) is 31.3 Å². The molecule has 0 atom stereocenters. The fourth-order valence-electron chi connectivity index (χ4n) is 1.24. The van der Waals surface area contributed by atoms with E-state index in [1.165, 1.54) is 12.1 Å². The topological polar surface area (TPSA) is 54.4 Å². The fourth-order valence-corrected chi connectivity index (χ4v) is 2.12. The average Bonchev–Trinajstić information content (AvgIpc) is 2.17. The second-order valence-corrected chi connectivity index (χ2v) is 6.27. The Balaban J connectivity index is 3.12. The van der Waals surface area contributed by atoms with E-state index in [9.17, 15) is 13.5 Å². The zero-order valence-corrected chi connectivity index (χ0v) is 10.0. The Hall–Kier alpha value is -0.870. The van der Waals surface area contributed by atoms with Gasteiger partial charge in [0.2, 0.25) is 0 Å². The number of rotatable bonds is 3. The van der Waals surface area contributed by atoms with Gasteiger partial charge in [-0.05, 0) is 31.5 Å². The number of sulfone groups is 1. The summed E-state index contributed by atoms with van der Waals surface area (Å²) >= 11 is 0. The van der Waals surface area contributed by atoms with Gasteiger partial charge in [0.1, 0.15) is 0 Å². The summed E-state index contributed by atoms with van der Waals surface area (Å²) in [4.78, 5) is 0.304. The van der Waals surface area contributed by atoms with Crippen LogP contribution in [0.5, 0.6) is 0 Å². The minimum absolute atomic E-state index is 0.0921. The van der Waals surface area contributed by atoms with Crippen LogP contribution in [0, 0.1) is 0 Å². The van der Waals surface area contributed by atoms with Crippen molar-refractivity contribution in [3.05, 3.63) is 29.8 Å². The highest BCUT2D eigenvalue weighted by atomic mass is 32.2. The second kappa shape index (κ2) is 3.94. The normalized spacial score (nSPS) is 12.8. The van der Waals surface area contributed by atoms with Crippen molar-refractivity contribution in [1.29, 1.82) is 0 Å². The lowest BCUT2D eigenvalue weighted by atomic mass is 9.99. The van der Waals surface area contributed by atoms with Crippen molar-refractivity contribution in [2.24, 2.45) is 0 Å². The summed E-state index contributed by atoms with van der Waals surface area (Å²) in [5.41, 5.74) is -0.230. The molecule has 0 aliphatic carbocycles. The molecule has 0 saturated heterocycles. The SMILES string of the molecule is CCS(=O)(=O)c1ccc(C(C)(C)O)cc1. The van der Waals surface area contributed by atoms with E-state index >= 15 is 0 Å². The summed E-state index contributed by atoms with van der Waals surface area (Å²) in [6, 6.07) is 6.35. The molecule has 1 aromatic carbocycles. The van der Waals surface area contributed by atoms with Gasteiger partial charge in [0.05, 0.1) is 16.2 Å². The summed E-state index contributed by atoms with van der Waals surface area (Å²) in [7, 11) is -3.14. The minimum Gasteiger partial charge on any atom is -0.386 e. The van der Waals surface area contributed by atoms with Crippen molar-refractivity contribution >= 4 is 9.84 Å². The van der Waals surface area contributed by atoms with Crippen LogP contribution in [-0.2, 0) is 15.4 Å². The first-order chi connectivity index (χ1) is 6.77. The quantitative estimate of drug-likeness (QED) is 0.856. The third-order valence-electron chi connectivity index (χ3n) is 2.30. The number of hydrogen-bond acceptors (Lipinski definition) is 3. The monoisotopic (exact) mass is 228 g/mol. The number of hydrogen-bond donors (Lipinski definition) is 1. The van der Waals surface area contributed by atoms with Crippen LogP contribution < -0.4 is 0 Å². The van der Waals surface area contributed by atoms with Crippen LogP contribution >= 0.6 is 0 Å². The predicted molar refractivity (Wildman–Crippen MR) is 59.4 cm³/mol.